The Kier molecular flexibility index (Phi) is 3.99. The Morgan fingerprint density at radius 3 is 2.94 bits per heavy atom. The summed E-state index contributed by atoms with van der Waals surface area (Å²) in [4.78, 5) is 0. The topological polar surface area (TPSA) is 43.8 Å². The van der Waals surface area contributed by atoms with Gasteiger partial charge in [-0.15, -0.1) is 0 Å². The summed E-state index contributed by atoms with van der Waals surface area (Å²) < 4.78 is 15.5. The van der Waals surface area contributed by atoms with Crippen molar-refractivity contribution >= 4 is 11.6 Å². The molecular weight excluding hydrogens is 253 g/mol. The third-order valence-electron chi connectivity index (χ3n) is 2.88. The number of rotatable bonds is 4. The third-order valence-corrected chi connectivity index (χ3v) is 3.18. The summed E-state index contributed by atoms with van der Waals surface area (Å²) in [6.45, 7) is 0. The minimum atomic E-state index is -0.419. The van der Waals surface area contributed by atoms with Crippen molar-refractivity contribution < 1.29 is 4.39 Å². The van der Waals surface area contributed by atoms with E-state index in [0.717, 1.165) is 12.0 Å². The predicted molar refractivity (Wildman–Crippen MR) is 69.9 cm³/mol. The lowest BCUT2D eigenvalue weighted by Gasteiger charge is -2.12. The molecule has 0 aliphatic heterocycles. The van der Waals surface area contributed by atoms with Crippen LogP contribution in [0.15, 0.2) is 30.6 Å². The van der Waals surface area contributed by atoms with Crippen LogP contribution in [0, 0.1) is 5.82 Å². The van der Waals surface area contributed by atoms with Crippen LogP contribution in [0.25, 0.3) is 0 Å². The van der Waals surface area contributed by atoms with Gasteiger partial charge < -0.3 is 5.73 Å². The standard InChI is InChI=1S/C13H15ClFN3/c1-18-8-9(7-17-18)5-6-12(16)10-3-2-4-11(14)13(10)15/h2-4,7-8,12H,5-6,16H2,1H3. The largest absolute Gasteiger partial charge is 0.324 e. The Bertz CT molecular complexity index is 539. The molecule has 1 unspecified atom stereocenters. The van der Waals surface area contributed by atoms with Crippen LogP contribution in [0.1, 0.15) is 23.6 Å². The monoisotopic (exact) mass is 267 g/mol. The van der Waals surface area contributed by atoms with Crippen LogP contribution in [0.2, 0.25) is 5.02 Å². The highest BCUT2D eigenvalue weighted by Gasteiger charge is 2.13. The van der Waals surface area contributed by atoms with E-state index in [2.05, 4.69) is 5.10 Å². The van der Waals surface area contributed by atoms with Gasteiger partial charge in [-0.2, -0.15) is 5.10 Å². The summed E-state index contributed by atoms with van der Waals surface area (Å²) in [6, 6.07) is 4.55. The van der Waals surface area contributed by atoms with Crippen LogP contribution in [0.5, 0.6) is 0 Å². The summed E-state index contributed by atoms with van der Waals surface area (Å²) in [6.07, 6.45) is 5.14. The second-order valence-electron chi connectivity index (χ2n) is 4.31. The number of aromatic nitrogens is 2. The fourth-order valence-electron chi connectivity index (χ4n) is 1.89. The predicted octanol–water partition coefficient (Wildman–Crippen LogP) is 2.85. The first-order valence-electron chi connectivity index (χ1n) is 5.75. The molecule has 3 nitrogen and oxygen atoms in total. The minimum Gasteiger partial charge on any atom is -0.324 e. The molecule has 0 amide bonds. The van der Waals surface area contributed by atoms with E-state index < -0.39 is 5.82 Å². The number of aryl methyl sites for hydroxylation is 2. The van der Waals surface area contributed by atoms with Crippen LogP contribution in [0.4, 0.5) is 4.39 Å². The summed E-state index contributed by atoms with van der Waals surface area (Å²) >= 11 is 5.73. The van der Waals surface area contributed by atoms with Gasteiger partial charge in [0.15, 0.2) is 0 Å². The zero-order valence-electron chi connectivity index (χ0n) is 10.1. The Morgan fingerprint density at radius 2 is 2.28 bits per heavy atom. The van der Waals surface area contributed by atoms with Crippen LogP contribution in [-0.4, -0.2) is 9.78 Å². The molecule has 2 rings (SSSR count). The maximum atomic E-state index is 13.8. The molecule has 0 bridgehead atoms. The molecule has 0 fully saturated rings. The quantitative estimate of drug-likeness (QED) is 0.926. The number of benzene rings is 1. The number of nitrogens with zero attached hydrogens (tertiary/aromatic N) is 2. The number of hydrogen-bond acceptors (Lipinski definition) is 2. The van der Waals surface area contributed by atoms with Crippen molar-refractivity contribution in [2.24, 2.45) is 12.8 Å². The van der Waals surface area contributed by atoms with Gasteiger partial charge in [-0.1, -0.05) is 23.7 Å². The molecule has 0 saturated heterocycles. The summed E-state index contributed by atoms with van der Waals surface area (Å²) in [7, 11) is 1.86. The number of hydrogen-bond donors (Lipinski definition) is 1. The van der Waals surface area contributed by atoms with E-state index in [4.69, 9.17) is 17.3 Å². The van der Waals surface area contributed by atoms with E-state index in [0.29, 0.717) is 12.0 Å². The lowest BCUT2D eigenvalue weighted by Crippen LogP contribution is -2.13. The van der Waals surface area contributed by atoms with Crippen molar-refractivity contribution in [3.8, 4) is 0 Å². The zero-order chi connectivity index (χ0) is 13.1. The molecule has 0 saturated carbocycles. The Morgan fingerprint density at radius 1 is 1.50 bits per heavy atom. The molecule has 0 spiro atoms. The minimum absolute atomic E-state index is 0.115. The van der Waals surface area contributed by atoms with Crippen molar-refractivity contribution in [3.05, 3.63) is 52.6 Å². The first-order valence-corrected chi connectivity index (χ1v) is 6.12. The van der Waals surface area contributed by atoms with Crippen LogP contribution in [0.3, 0.4) is 0 Å². The first-order chi connectivity index (χ1) is 8.58. The Hall–Kier alpha value is -1.39. The maximum Gasteiger partial charge on any atom is 0.146 e. The van der Waals surface area contributed by atoms with E-state index in [1.54, 1.807) is 23.0 Å². The third kappa shape index (κ3) is 2.89. The van der Waals surface area contributed by atoms with E-state index >= 15 is 0 Å². The van der Waals surface area contributed by atoms with Gasteiger partial charge in [0, 0.05) is 24.8 Å². The molecule has 1 heterocycles. The molecular formula is C13H15ClFN3. The van der Waals surface area contributed by atoms with Crippen molar-refractivity contribution in [2.75, 3.05) is 0 Å². The molecule has 96 valence electrons. The van der Waals surface area contributed by atoms with Crippen LogP contribution >= 0.6 is 11.6 Å². The lowest BCUT2D eigenvalue weighted by molar-refractivity contribution is 0.564. The van der Waals surface area contributed by atoms with Crippen LogP contribution in [-0.2, 0) is 13.5 Å². The lowest BCUT2D eigenvalue weighted by atomic mass is 10.0. The second kappa shape index (κ2) is 5.50. The second-order valence-corrected chi connectivity index (χ2v) is 4.72. The zero-order valence-corrected chi connectivity index (χ0v) is 10.9. The number of halogens is 2. The van der Waals surface area contributed by atoms with E-state index in [1.165, 1.54) is 6.07 Å². The molecule has 2 N–H and O–H groups in total. The van der Waals surface area contributed by atoms with Gasteiger partial charge in [-0.05, 0) is 24.5 Å². The van der Waals surface area contributed by atoms with Gasteiger partial charge in [-0.25, -0.2) is 4.39 Å². The van der Waals surface area contributed by atoms with Gasteiger partial charge in [-0.3, -0.25) is 4.68 Å². The van der Waals surface area contributed by atoms with Crippen molar-refractivity contribution in [1.29, 1.82) is 0 Å². The fraction of sp³-hybridized carbons (Fsp3) is 0.308. The van der Waals surface area contributed by atoms with Gasteiger partial charge in [0.25, 0.3) is 0 Å². The van der Waals surface area contributed by atoms with Crippen molar-refractivity contribution in [1.82, 2.24) is 9.78 Å². The van der Waals surface area contributed by atoms with E-state index in [1.807, 2.05) is 13.2 Å². The van der Waals surface area contributed by atoms with Gasteiger partial charge in [0.1, 0.15) is 5.82 Å². The SMILES string of the molecule is Cn1cc(CCC(N)c2cccc(Cl)c2F)cn1. The molecule has 1 aromatic heterocycles. The van der Waals surface area contributed by atoms with Gasteiger partial charge in [0.2, 0.25) is 0 Å². The van der Waals surface area contributed by atoms with Crippen LogP contribution < -0.4 is 5.73 Å². The number of nitrogens with two attached hydrogens (primary N) is 1. The maximum absolute atomic E-state index is 13.8. The normalized spacial score (nSPS) is 12.7. The molecule has 0 radical (unpaired) electrons. The van der Waals surface area contributed by atoms with Crippen molar-refractivity contribution in [2.45, 2.75) is 18.9 Å². The highest BCUT2D eigenvalue weighted by molar-refractivity contribution is 6.30. The molecule has 0 aliphatic carbocycles. The molecule has 1 aromatic carbocycles. The van der Waals surface area contributed by atoms with Gasteiger partial charge in [0.05, 0.1) is 11.2 Å². The molecule has 5 heteroatoms. The molecule has 18 heavy (non-hydrogen) atoms. The Labute approximate surface area is 110 Å². The highest BCUT2D eigenvalue weighted by atomic mass is 35.5. The average molecular weight is 268 g/mol. The van der Waals surface area contributed by atoms with Crippen molar-refractivity contribution in [3.63, 3.8) is 0 Å². The smallest absolute Gasteiger partial charge is 0.146 e. The van der Waals surface area contributed by atoms with E-state index in [-0.39, 0.29) is 11.1 Å². The highest BCUT2D eigenvalue weighted by Crippen LogP contribution is 2.24. The summed E-state index contributed by atoms with van der Waals surface area (Å²) in [5.74, 6) is -0.419. The first kappa shape index (κ1) is 13.1. The fourth-order valence-corrected chi connectivity index (χ4v) is 2.07. The summed E-state index contributed by atoms with van der Waals surface area (Å²) in [5.41, 5.74) is 7.55. The molecule has 0 aliphatic rings. The average Bonchev–Trinajstić information content (AvgIpc) is 2.76. The Balaban J connectivity index is 2.03. The van der Waals surface area contributed by atoms with E-state index in [9.17, 15) is 4.39 Å². The molecule has 2 aromatic rings. The summed E-state index contributed by atoms with van der Waals surface area (Å²) in [5, 5.41) is 4.19. The molecule has 1 atom stereocenters. The van der Waals surface area contributed by atoms with Gasteiger partial charge >= 0.3 is 0 Å².